The van der Waals surface area contributed by atoms with E-state index < -0.39 is 33.6 Å². The van der Waals surface area contributed by atoms with Gasteiger partial charge >= 0.3 is 0 Å². The van der Waals surface area contributed by atoms with Crippen molar-refractivity contribution < 1.29 is 18.4 Å². The fourth-order valence-electron chi connectivity index (χ4n) is 2.89. The number of hydrogen-bond donors (Lipinski definition) is 1. The highest BCUT2D eigenvalue weighted by atomic mass is 32.2. The second kappa shape index (κ2) is 8.02. The van der Waals surface area contributed by atoms with Gasteiger partial charge in [0.25, 0.3) is 0 Å². The molecule has 1 aliphatic heterocycles. The fraction of sp³-hybridized carbons (Fsp3) is 0.647. The van der Waals surface area contributed by atoms with Crippen LogP contribution in [0.3, 0.4) is 0 Å². The second-order valence-electron chi connectivity index (χ2n) is 7.49. The molecule has 9 heteroatoms. The monoisotopic (exact) mass is 384 g/mol. The van der Waals surface area contributed by atoms with E-state index in [0.29, 0.717) is 23.3 Å². The third-order valence-corrected chi connectivity index (χ3v) is 5.81. The van der Waals surface area contributed by atoms with Crippen LogP contribution in [0.2, 0.25) is 0 Å². The standard InChI is InChI=1S/C17H25FN4O3S/c1-11(21-26(23)16(2,3)4)14-7-13(18)6-12-8-17(10-24-5,9-20-22-19)25-15(12)14/h6-7,11,21H,8-10H2,1-5H3/t11-,17-,26-/m1/s1. The van der Waals surface area contributed by atoms with E-state index in [4.69, 9.17) is 15.0 Å². The van der Waals surface area contributed by atoms with E-state index in [0.717, 1.165) is 0 Å². The molecule has 0 aliphatic carbocycles. The first-order valence-corrected chi connectivity index (χ1v) is 9.46. The van der Waals surface area contributed by atoms with Gasteiger partial charge in [-0.05, 0) is 45.4 Å². The molecule has 0 radical (unpaired) electrons. The Hall–Kier alpha value is -1.51. The summed E-state index contributed by atoms with van der Waals surface area (Å²) < 4.78 is 40.5. The van der Waals surface area contributed by atoms with Gasteiger partial charge in [-0.3, -0.25) is 0 Å². The number of halogens is 1. The lowest BCUT2D eigenvalue weighted by atomic mass is 9.96. The number of nitrogens with one attached hydrogen (secondary N) is 1. The summed E-state index contributed by atoms with van der Waals surface area (Å²) in [5.74, 6) is 0.136. The predicted octanol–water partition coefficient (Wildman–Crippen LogP) is 3.57. The summed E-state index contributed by atoms with van der Waals surface area (Å²) in [6.45, 7) is 7.67. The molecule has 7 nitrogen and oxygen atoms in total. The molecule has 0 saturated heterocycles. The molecular formula is C17H25FN4O3S. The Balaban J connectivity index is 2.35. The average Bonchev–Trinajstić information content (AvgIpc) is 2.89. The lowest BCUT2D eigenvalue weighted by molar-refractivity contribution is 0.0125. The fourth-order valence-corrected chi connectivity index (χ4v) is 3.69. The summed E-state index contributed by atoms with van der Waals surface area (Å²) in [4.78, 5) is 2.79. The van der Waals surface area contributed by atoms with Crippen LogP contribution < -0.4 is 9.46 Å². The van der Waals surface area contributed by atoms with Gasteiger partial charge in [0.2, 0.25) is 0 Å². The molecule has 0 bridgehead atoms. The summed E-state index contributed by atoms with van der Waals surface area (Å²) in [7, 11) is 1.53. The maximum Gasteiger partial charge on any atom is 0.142 e. The third kappa shape index (κ3) is 4.61. The molecule has 1 aromatic carbocycles. The Bertz CT molecular complexity index is 706. The Morgan fingerprint density at radius 3 is 2.81 bits per heavy atom. The normalized spacial score (nSPS) is 21.5. The van der Waals surface area contributed by atoms with Crippen molar-refractivity contribution >= 4 is 11.4 Å². The zero-order chi connectivity index (χ0) is 19.5. The number of rotatable bonds is 7. The zero-order valence-corrected chi connectivity index (χ0v) is 16.5. The van der Waals surface area contributed by atoms with Gasteiger partial charge in [0.15, 0.2) is 0 Å². The molecule has 0 amide bonds. The number of methoxy groups -OCH3 is 1. The van der Waals surface area contributed by atoms with Crippen LogP contribution in [-0.4, -0.2) is 35.2 Å². The third-order valence-electron chi connectivity index (χ3n) is 4.13. The minimum Gasteiger partial charge on any atom is -0.598 e. The Kier molecular flexibility index (Phi) is 6.42. The Morgan fingerprint density at radius 1 is 1.54 bits per heavy atom. The summed E-state index contributed by atoms with van der Waals surface area (Å²) in [5, 5.41) is 3.62. The highest BCUT2D eigenvalue weighted by molar-refractivity contribution is 7.90. The van der Waals surface area contributed by atoms with Crippen LogP contribution in [0.5, 0.6) is 5.75 Å². The van der Waals surface area contributed by atoms with Crippen molar-refractivity contribution in [2.24, 2.45) is 5.11 Å². The molecular weight excluding hydrogens is 359 g/mol. The molecule has 144 valence electrons. The van der Waals surface area contributed by atoms with Gasteiger partial charge in [-0.1, -0.05) is 5.11 Å². The van der Waals surface area contributed by atoms with Crippen LogP contribution >= 0.6 is 0 Å². The molecule has 26 heavy (non-hydrogen) atoms. The van der Waals surface area contributed by atoms with E-state index in [2.05, 4.69) is 14.7 Å². The van der Waals surface area contributed by atoms with E-state index in [1.54, 1.807) is 0 Å². The van der Waals surface area contributed by atoms with Gasteiger partial charge in [0.05, 0.1) is 19.2 Å². The first-order valence-electron chi connectivity index (χ1n) is 8.31. The van der Waals surface area contributed by atoms with Crippen molar-refractivity contribution in [2.75, 3.05) is 20.3 Å². The number of ether oxygens (including phenoxy) is 2. The SMILES string of the molecule is COC[C@]1(CN=[N+]=[N-])Cc2cc(F)cc([C@@H](C)N[S@+]([O-])C(C)(C)C)c2O1. The van der Waals surface area contributed by atoms with Crippen molar-refractivity contribution in [1.29, 1.82) is 0 Å². The largest absolute Gasteiger partial charge is 0.598 e. The molecule has 0 saturated carbocycles. The molecule has 0 fully saturated rings. The lowest BCUT2D eigenvalue weighted by Crippen LogP contribution is -2.43. The molecule has 0 spiro atoms. The maximum atomic E-state index is 14.2. The van der Waals surface area contributed by atoms with Crippen LogP contribution in [0.1, 0.15) is 44.9 Å². The first kappa shape index (κ1) is 20.8. The first-order chi connectivity index (χ1) is 12.1. The molecule has 2 rings (SSSR count). The van der Waals surface area contributed by atoms with Crippen LogP contribution in [-0.2, 0) is 22.5 Å². The van der Waals surface area contributed by atoms with Crippen molar-refractivity contribution in [3.63, 3.8) is 0 Å². The Labute approximate surface area is 156 Å². The van der Waals surface area contributed by atoms with Gasteiger partial charge in [0, 0.05) is 40.9 Å². The van der Waals surface area contributed by atoms with Crippen molar-refractivity contribution in [1.82, 2.24) is 4.72 Å². The van der Waals surface area contributed by atoms with Crippen molar-refractivity contribution in [3.8, 4) is 5.75 Å². The molecule has 3 atom stereocenters. The average molecular weight is 384 g/mol. The van der Waals surface area contributed by atoms with E-state index in [-0.39, 0.29) is 13.2 Å². The van der Waals surface area contributed by atoms with E-state index in [1.165, 1.54) is 19.2 Å². The van der Waals surface area contributed by atoms with Gasteiger partial charge in [-0.2, -0.15) is 0 Å². The number of fused-ring (bicyclic) bond motifs is 1. The van der Waals surface area contributed by atoms with Crippen LogP contribution in [0.4, 0.5) is 4.39 Å². The van der Waals surface area contributed by atoms with Gasteiger partial charge in [-0.25, -0.2) is 4.39 Å². The molecule has 0 unspecified atom stereocenters. The van der Waals surface area contributed by atoms with E-state index in [9.17, 15) is 8.94 Å². The minimum atomic E-state index is -1.32. The number of benzene rings is 1. The molecule has 1 aliphatic rings. The number of nitrogens with zero attached hydrogens (tertiary/aromatic N) is 3. The van der Waals surface area contributed by atoms with Gasteiger partial charge in [0.1, 0.15) is 21.9 Å². The summed E-state index contributed by atoms with van der Waals surface area (Å²) in [5.41, 5.74) is 9.04. The van der Waals surface area contributed by atoms with Crippen molar-refractivity contribution in [2.45, 2.75) is 50.5 Å². The minimum absolute atomic E-state index is 0.0722. The van der Waals surface area contributed by atoms with E-state index in [1.807, 2.05) is 27.7 Å². The highest BCUT2D eigenvalue weighted by Gasteiger charge is 2.41. The maximum absolute atomic E-state index is 14.2. The van der Waals surface area contributed by atoms with Gasteiger partial charge < -0.3 is 14.0 Å². The second-order valence-corrected chi connectivity index (χ2v) is 9.49. The molecule has 1 N–H and O–H groups in total. The number of hydrogen-bond acceptors (Lipinski definition) is 5. The molecule has 1 aromatic rings. The summed E-state index contributed by atoms with van der Waals surface area (Å²) in [6.07, 6.45) is 0.370. The van der Waals surface area contributed by atoms with Crippen LogP contribution in [0.25, 0.3) is 10.4 Å². The lowest BCUT2D eigenvalue weighted by Gasteiger charge is -2.28. The zero-order valence-electron chi connectivity index (χ0n) is 15.7. The molecule has 0 aromatic heterocycles. The van der Waals surface area contributed by atoms with Crippen LogP contribution in [0, 0.1) is 5.82 Å². The smallest absolute Gasteiger partial charge is 0.142 e. The topological polar surface area (TPSA) is 102 Å². The predicted molar refractivity (Wildman–Crippen MR) is 98.8 cm³/mol. The highest BCUT2D eigenvalue weighted by Crippen LogP contribution is 2.41. The molecule has 1 heterocycles. The van der Waals surface area contributed by atoms with E-state index >= 15 is 0 Å². The summed E-state index contributed by atoms with van der Waals surface area (Å²) >= 11 is -1.32. The van der Waals surface area contributed by atoms with Crippen LogP contribution in [0.15, 0.2) is 17.2 Å². The summed E-state index contributed by atoms with van der Waals surface area (Å²) in [6, 6.07) is 2.41. The van der Waals surface area contributed by atoms with Gasteiger partial charge in [-0.15, -0.1) is 4.72 Å². The number of azide groups is 1. The Morgan fingerprint density at radius 2 is 2.23 bits per heavy atom. The quantitative estimate of drug-likeness (QED) is 0.336. The van der Waals surface area contributed by atoms with Crippen molar-refractivity contribution in [3.05, 3.63) is 39.5 Å².